The summed E-state index contributed by atoms with van der Waals surface area (Å²) in [7, 11) is 3.51. The summed E-state index contributed by atoms with van der Waals surface area (Å²) in [6, 6.07) is 0. The molecular weight excluding hydrogens is 372 g/mol. The van der Waals surface area contributed by atoms with Crippen molar-refractivity contribution in [1.29, 1.82) is 0 Å². The smallest absolute Gasteiger partial charge is 0.247 e. The van der Waals surface area contributed by atoms with E-state index in [4.69, 9.17) is 11.6 Å². The Hall–Kier alpha value is -2.32. The minimum Gasteiger partial charge on any atom is -0.329 e. The van der Waals surface area contributed by atoms with Crippen LogP contribution in [0, 0.1) is 0 Å². The Morgan fingerprint density at radius 3 is 2.92 bits per heavy atom. The number of guanidine groups is 1. The van der Waals surface area contributed by atoms with E-state index in [1.807, 2.05) is 25.4 Å². The number of aliphatic imine (C=N–C) groups is 2. The molecule has 7 nitrogen and oxygen atoms in total. The average molecular weight is 395 g/mol. The maximum Gasteiger partial charge on any atom is 0.247 e. The second-order valence-corrected chi connectivity index (χ2v) is 6.29. The number of aryl methyl sites for hydroxylation is 1. The number of hydrogen-bond acceptors (Lipinski definition) is 4. The molecule has 0 bridgehead atoms. The third-order valence-corrected chi connectivity index (χ3v) is 4.25. The second kappa shape index (κ2) is 13.0. The standard InChI is InChI=1S/C17H23ClN6OS/c1-4-15(25)20-9-7-5-6-8-10-26-16(11-18)23-17(19-2)22-14-12-21-24(3)13-14/h4-7,9,12-13H,1,8,10-11H2,2-3H3,(H,19,22)(H,20,25)/b6-5-,9-7+,23-16?. The number of alkyl halides is 1. The van der Waals surface area contributed by atoms with Gasteiger partial charge in [-0.1, -0.05) is 18.7 Å². The Bertz CT molecular complexity index is 708. The van der Waals surface area contributed by atoms with Crippen molar-refractivity contribution in [2.45, 2.75) is 6.42 Å². The SMILES string of the molecule is C=CC(=O)N/C=C/C=C\CCSC(CCl)=NC(=NC)Nc1cnn(C)c1. The Labute approximate surface area is 163 Å². The quantitative estimate of drug-likeness (QED) is 0.177. The number of anilines is 1. The van der Waals surface area contributed by atoms with Crippen molar-refractivity contribution < 1.29 is 4.79 Å². The molecule has 26 heavy (non-hydrogen) atoms. The molecule has 0 spiro atoms. The van der Waals surface area contributed by atoms with Gasteiger partial charge in [-0.2, -0.15) is 5.10 Å². The predicted molar refractivity (Wildman–Crippen MR) is 112 cm³/mol. The van der Waals surface area contributed by atoms with Crippen LogP contribution in [-0.4, -0.2) is 45.4 Å². The molecular formula is C17H23ClN6OS. The fourth-order valence-electron chi connectivity index (χ4n) is 1.63. The molecule has 0 saturated carbocycles. The molecule has 0 aliphatic rings. The first-order chi connectivity index (χ1) is 12.6. The molecule has 0 unspecified atom stereocenters. The maximum absolute atomic E-state index is 10.9. The fraction of sp³-hybridized carbons (Fsp3) is 0.294. The molecule has 0 aliphatic heterocycles. The van der Waals surface area contributed by atoms with Gasteiger partial charge in [0.05, 0.1) is 22.8 Å². The molecule has 0 fully saturated rings. The largest absolute Gasteiger partial charge is 0.329 e. The maximum atomic E-state index is 10.9. The van der Waals surface area contributed by atoms with E-state index in [2.05, 4.69) is 32.3 Å². The highest BCUT2D eigenvalue weighted by Gasteiger charge is 2.04. The molecule has 1 aromatic heterocycles. The number of nitrogens with zero attached hydrogens (tertiary/aromatic N) is 4. The minimum atomic E-state index is -0.235. The van der Waals surface area contributed by atoms with Gasteiger partial charge in [0.15, 0.2) is 0 Å². The van der Waals surface area contributed by atoms with Crippen LogP contribution in [0.1, 0.15) is 6.42 Å². The lowest BCUT2D eigenvalue weighted by Gasteiger charge is -2.05. The molecule has 0 aromatic carbocycles. The fourth-order valence-corrected chi connectivity index (χ4v) is 2.64. The lowest BCUT2D eigenvalue weighted by Crippen LogP contribution is -2.12. The van der Waals surface area contributed by atoms with Gasteiger partial charge >= 0.3 is 0 Å². The van der Waals surface area contributed by atoms with Gasteiger partial charge in [-0.05, 0) is 18.6 Å². The third-order valence-electron chi connectivity index (χ3n) is 2.83. The van der Waals surface area contributed by atoms with E-state index < -0.39 is 0 Å². The zero-order chi connectivity index (χ0) is 19.2. The molecule has 140 valence electrons. The summed E-state index contributed by atoms with van der Waals surface area (Å²) >= 11 is 7.54. The molecule has 9 heteroatoms. The Kier molecular flexibility index (Phi) is 10.8. The highest BCUT2D eigenvalue weighted by atomic mass is 35.5. The number of thioether (sulfide) groups is 1. The van der Waals surface area contributed by atoms with E-state index >= 15 is 0 Å². The van der Waals surface area contributed by atoms with Gasteiger partial charge in [0, 0.05) is 32.2 Å². The molecule has 1 aromatic rings. The van der Waals surface area contributed by atoms with Gasteiger partial charge in [-0.3, -0.25) is 14.5 Å². The van der Waals surface area contributed by atoms with Gasteiger partial charge in [-0.15, -0.1) is 23.4 Å². The first-order valence-electron chi connectivity index (χ1n) is 7.82. The minimum absolute atomic E-state index is 0.235. The number of carbonyl (C=O) groups excluding carboxylic acids is 1. The molecule has 0 saturated heterocycles. The Morgan fingerprint density at radius 1 is 1.50 bits per heavy atom. The second-order valence-electron chi connectivity index (χ2n) is 4.85. The van der Waals surface area contributed by atoms with E-state index in [1.54, 1.807) is 42.0 Å². The van der Waals surface area contributed by atoms with Crippen LogP contribution >= 0.6 is 23.4 Å². The number of halogens is 1. The van der Waals surface area contributed by atoms with Crippen molar-refractivity contribution in [1.82, 2.24) is 15.1 Å². The molecule has 1 rings (SSSR count). The molecule has 0 radical (unpaired) electrons. The van der Waals surface area contributed by atoms with Crippen LogP contribution in [0.5, 0.6) is 0 Å². The van der Waals surface area contributed by atoms with Gasteiger partial charge in [0.2, 0.25) is 11.9 Å². The zero-order valence-corrected chi connectivity index (χ0v) is 16.4. The third kappa shape index (κ3) is 9.24. The first kappa shape index (κ1) is 21.7. The summed E-state index contributed by atoms with van der Waals surface area (Å²) in [6.07, 6.45) is 12.8. The van der Waals surface area contributed by atoms with Crippen LogP contribution in [0.25, 0.3) is 0 Å². The van der Waals surface area contributed by atoms with E-state index in [9.17, 15) is 4.79 Å². The highest BCUT2D eigenvalue weighted by molar-refractivity contribution is 8.14. The molecule has 1 heterocycles. The van der Waals surface area contributed by atoms with Gasteiger partial charge in [-0.25, -0.2) is 4.99 Å². The Morgan fingerprint density at radius 2 is 2.31 bits per heavy atom. The summed E-state index contributed by atoms with van der Waals surface area (Å²) in [6.45, 7) is 3.37. The van der Waals surface area contributed by atoms with E-state index in [0.717, 1.165) is 22.9 Å². The van der Waals surface area contributed by atoms with E-state index in [0.29, 0.717) is 11.8 Å². The number of amides is 1. The number of hydrogen-bond donors (Lipinski definition) is 2. The zero-order valence-electron chi connectivity index (χ0n) is 14.9. The number of rotatable bonds is 8. The van der Waals surface area contributed by atoms with Gasteiger partial charge in [0.25, 0.3) is 0 Å². The van der Waals surface area contributed by atoms with Crippen molar-refractivity contribution >= 4 is 46.0 Å². The average Bonchev–Trinajstić information content (AvgIpc) is 3.06. The van der Waals surface area contributed by atoms with Crippen molar-refractivity contribution in [3.05, 3.63) is 49.5 Å². The van der Waals surface area contributed by atoms with Gasteiger partial charge in [0.1, 0.15) is 0 Å². The number of allylic oxidation sites excluding steroid dienone is 3. The summed E-state index contributed by atoms with van der Waals surface area (Å²) in [5, 5.41) is 10.5. The van der Waals surface area contributed by atoms with Crippen molar-refractivity contribution in [2.24, 2.45) is 17.0 Å². The monoisotopic (exact) mass is 394 g/mol. The molecule has 2 N–H and O–H groups in total. The van der Waals surface area contributed by atoms with Crippen LogP contribution < -0.4 is 10.6 Å². The topological polar surface area (TPSA) is 83.7 Å². The molecule has 0 aliphatic carbocycles. The predicted octanol–water partition coefficient (Wildman–Crippen LogP) is 2.95. The summed E-state index contributed by atoms with van der Waals surface area (Å²) in [5.74, 6) is 1.40. The van der Waals surface area contributed by atoms with Crippen molar-refractivity contribution in [3.8, 4) is 0 Å². The van der Waals surface area contributed by atoms with E-state index in [1.165, 1.54) is 6.08 Å². The van der Waals surface area contributed by atoms with E-state index in [-0.39, 0.29) is 5.91 Å². The molecule has 1 amide bonds. The summed E-state index contributed by atoms with van der Waals surface area (Å²) in [5.41, 5.74) is 0.814. The molecule has 0 atom stereocenters. The van der Waals surface area contributed by atoms with Crippen LogP contribution in [0.15, 0.2) is 59.5 Å². The van der Waals surface area contributed by atoms with Crippen LogP contribution in [0.3, 0.4) is 0 Å². The van der Waals surface area contributed by atoms with Crippen LogP contribution in [-0.2, 0) is 11.8 Å². The lowest BCUT2D eigenvalue weighted by atomic mass is 10.4. The summed E-state index contributed by atoms with van der Waals surface area (Å²) < 4.78 is 1.69. The number of nitrogens with one attached hydrogen (secondary N) is 2. The first-order valence-corrected chi connectivity index (χ1v) is 9.34. The highest BCUT2D eigenvalue weighted by Crippen LogP contribution is 2.10. The normalized spacial score (nSPS) is 12.7. The Balaban J connectivity index is 2.41. The number of carbonyl (C=O) groups is 1. The summed E-state index contributed by atoms with van der Waals surface area (Å²) in [4.78, 5) is 19.5. The van der Waals surface area contributed by atoms with Crippen molar-refractivity contribution in [3.63, 3.8) is 0 Å². The lowest BCUT2D eigenvalue weighted by molar-refractivity contribution is -0.115. The number of aromatic nitrogens is 2. The van der Waals surface area contributed by atoms with Gasteiger partial charge < -0.3 is 10.6 Å². The van der Waals surface area contributed by atoms with Crippen molar-refractivity contribution in [2.75, 3.05) is 24.0 Å². The van der Waals surface area contributed by atoms with Crippen LogP contribution in [0.4, 0.5) is 5.69 Å². The van der Waals surface area contributed by atoms with Crippen LogP contribution in [0.2, 0.25) is 0 Å².